The third kappa shape index (κ3) is 3.68. The summed E-state index contributed by atoms with van der Waals surface area (Å²) in [6.45, 7) is 2.70. The summed E-state index contributed by atoms with van der Waals surface area (Å²) in [5.74, 6) is -0.0746. The zero-order valence-electron chi connectivity index (χ0n) is 9.17. The van der Waals surface area contributed by atoms with Crippen LogP contribution in [0.4, 0.5) is 0 Å². The van der Waals surface area contributed by atoms with Crippen LogP contribution in [0.15, 0.2) is 16.7 Å². The van der Waals surface area contributed by atoms with E-state index in [1.165, 1.54) is 0 Å². The molecule has 0 unspecified atom stereocenters. The van der Waals surface area contributed by atoms with Crippen molar-refractivity contribution in [3.05, 3.63) is 22.4 Å². The van der Waals surface area contributed by atoms with Crippen molar-refractivity contribution in [3.63, 3.8) is 0 Å². The molecule has 1 aromatic heterocycles. The van der Waals surface area contributed by atoms with E-state index in [1.807, 2.05) is 14.1 Å². The molecule has 1 aromatic rings. The monoisotopic (exact) mass is 273 g/mol. The largest absolute Gasteiger partial charge is 0.356 e. The summed E-state index contributed by atoms with van der Waals surface area (Å²) in [7, 11) is 3.98. The van der Waals surface area contributed by atoms with Crippen LogP contribution < -0.4 is 5.32 Å². The molecule has 0 fully saturated rings. The predicted molar refractivity (Wildman–Crippen MR) is 64.0 cm³/mol. The number of carbonyl (C=O) groups is 1. The van der Waals surface area contributed by atoms with Gasteiger partial charge in [-0.1, -0.05) is 0 Å². The molecular formula is C10H16BrN3O. The summed E-state index contributed by atoms with van der Waals surface area (Å²) >= 11 is 3.28. The molecule has 0 radical (unpaired) electrons. The van der Waals surface area contributed by atoms with Gasteiger partial charge in [0, 0.05) is 23.3 Å². The van der Waals surface area contributed by atoms with Crippen LogP contribution >= 0.6 is 15.9 Å². The second kappa shape index (κ2) is 5.32. The molecule has 1 rings (SSSR count). The lowest BCUT2D eigenvalue weighted by Gasteiger charge is -2.19. The van der Waals surface area contributed by atoms with Gasteiger partial charge in [0.25, 0.3) is 5.91 Å². The molecule has 0 saturated carbocycles. The average molecular weight is 274 g/mol. The number of hydrogen-bond acceptors (Lipinski definition) is 2. The smallest absolute Gasteiger partial charge is 0.267 e. The number of aromatic nitrogens is 1. The van der Waals surface area contributed by atoms with Gasteiger partial charge in [0.15, 0.2) is 0 Å². The third-order valence-corrected chi connectivity index (χ3v) is 2.79. The number of rotatable bonds is 4. The number of halogens is 1. The fourth-order valence-electron chi connectivity index (χ4n) is 1.02. The summed E-state index contributed by atoms with van der Waals surface area (Å²) in [5.41, 5.74) is 0.577. The van der Waals surface area contributed by atoms with Crippen LogP contribution in [0, 0.1) is 0 Å². The van der Waals surface area contributed by atoms with E-state index in [0.29, 0.717) is 18.3 Å². The van der Waals surface area contributed by atoms with Gasteiger partial charge in [-0.15, -0.1) is 0 Å². The Balaban J connectivity index is 2.43. The Morgan fingerprint density at radius 2 is 2.33 bits per heavy atom. The Morgan fingerprint density at radius 3 is 2.80 bits per heavy atom. The highest BCUT2D eigenvalue weighted by molar-refractivity contribution is 9.10. The highest BCUT2D eigenvalue weighted by atomic mass is 79.9. The van der Waals surface area contributed by atoms with E-state index >= 15 is 0 Å². The molecule has 5 heteroatoms. The Morgan fingerprint density at radius 1 is 1.67 bits per heavy atom. The van der Waals surface area contributed by atoms with Gasteiger partial charge in [-0.05, 0) is 43.0 Å². The zero-order chi connectivity index (χ0) is 11.4. The van der Waals surface area contributed by atoms with Gasteiger partial charge in [-0.2, -0.15) is 0 Å². The Kier molecular flexibility index (Phi) is 4.35. The molecule has 0 saturated heterocycles. The Bertz CT molecular complexity index is 335. The fraction of sp³-hybridized carbons (Fsp3) is 0.500. The van der Waals surface area contributed by atoms with Crippen LogP contribution in [0.5, 0.6) is 0 Å². The van der Waals surface area contributed by atoms with Crippen molar-refractivity contribution in [2.75, 3.05) is 20.6 Å². The standard InChI is InChI=1S/C10H16BrN3O/c1-7(14(2)3)5-13-10(15)9-4-8(11)6-12-9/h4,6-7,12H,5H2,1-3H3,(H,13,15)/t7-/m1/s1. The average Bonchev–Trinajstić information content (AvgIpc) is 2.60. The molecule has 1 amide bonds. The second-order valence-corrected chi connectivity index (χ2v) is 4.67. The quantitative estimate of drug-likeness (QED) is 0.873. The van der Waals surface area contributed by atoms with Gasteiger partial charge < -0.3 is 15.2 Å². The normalized spacial score (nSPS) is 12.9. The van der Waals surface area contributed by atoms with Gasteiger partial charge in [0.1, 0.15) is 5.69 Å². The molecule has 0 bridgehead atoms. The van der Waals surface area contributed by atoms with Crippen molar-refractivity contribution in [1.29, 1.82) is 0 Å². The molecule has 0 aliphatic heterocycles. The molecule has 84 valence electrons. The molecule has 4 nitrogen and oxygen atoms in total. The van der Waals surface area contributed by atoms with Crippen molar-refractivity contribution < 1.29 is 4.79 Å². The van der Waals surface area contributed by atoms with E-state index < -0.39 is 0 Å². The van der Waals surface area contributed by atoms with Crippen LogP contribution in [0.25, 0.3) is 0 Å². The number of nitrogens with zero attached hydrogens (tertiary/aromatic N) is 1. The Labute approximate surface area is 98.2 Å². The molecule has 0 aromatic carbocycles. The maximum Gasteiger partial charge on any atom is 0.267 e. The molecule has 0 aliphatic rings. The van der Waals surface area contributed by atoms with E-state index in [0.717, 1.165) is 4.47 Å². The maximum atomic E-state index is 11.6. The lowest BCUT2D eigenvalue weighted by atomic mass is 10.3. The van der Waals surface area contributed by atoms with Crippen LogP contribution in [-0.4, -0.2) is 42.5 Å². The first-order valence-electron chi connectivity index (χ1n) is 4.79. The summed E-state index contributed by atoms with van der Waals surface area (Å²) in [4.78, 5) is 16.5. The minimum absolute atomic E-state index is 0.0746. The van der Waals surface area contributed by atoms with Crippen molar-refractivity contribution in [2.45, 2.75) is 13.0 Å². The highest BCUT2D eigenvalue weighted by Gasteiger charge is 2.10. The van der Waals surface area contributed by atoms with Crippen molar-refractivity contribution in [3.8, 4) is 0 Å². The lowest BCUT2D eigenvalue weighted by Crippen LogP contribution is -2.38. The highest BCUT2D eigenvalue weighted by Crippen LogP contribution is 2.10. The molecule has 2 N–H and O–H groups in total. The molecule has 1 atom stereocenters. The van der Waals surface area contributed by atoms with Crippen LogP contribution in [0.1, 0.15) is 17.4 Å². The molecular weight excluding hydrogens is 258 g/mol. The Hall–Kier alpha value is -0.810. The zero-order valence-corrected chi connectivity index (χ0v) is 10.8. The van der Waals surface area contributed by atoms with E-state index in [9.17, 15) is 4.79 Å². The fourth-order valence-corrected chi connectivity index (χ4v) is 1.36. The van der Waals surface area contributed by atoms with Crippen molar-refractivity contribution in [2.24, 2.45) is 0 Å². The third-order valence-electron chi connectivity index (χ3n) is 2.33. The number of aromatic amines is 1. The van der Waals surface area contributed by atoms with E-state index in [2.05, 4.69) is 38.1 Å². The number of likely N-dealkylation sites (N-methyl/N-ethyl adjacent to an activating group) is 1. The second-order valence-electron chi connectivity index (χ2n) is 3.75. The van der Waals surface area contributed by atoms with Crippen LogP contribution in [-0.2, 0) is 0 Å². The number of amides is 1. The lowest BCUT2D eigenvalue weighted by molar-refractivity contribution is 0.0939. The topological polar surface area (TPSA) is 48.1 Å². The van der Waals surface area contributed by atoms with Crippen LogP contribution in [0.2, 0.25) is 0 Å². The summed E-state index contributed by atoms with van der Waals surface area (Å²) in [6.07, 6.45) is 1.74. The minimum Gasteiger partial charge on any atom is -0.356 e. The first-order valence-corrected chi connectivity index (χ1v) is 5.58. The minimum atomic E-state index is -0.0746. The van der Waals surface area contributed by atoms with Gasteiger partial charge in [-0.3, -0.25) is 4.79 Å². The first kappa shape index (κ1) is 12.3. The number of hydrogen-bond donors (Lipinski definition) is 2. The molecule has 1 heterocycles. The van der Waals surface area contributed by atoms with E-state index in [1.54, 1.807) is 12.3 Å². The SMILES string of the molecule is C[C@H](CNC(=O)c1cc(Br)c[nH]1)N(C)C. The number of nitrogens with one attached hydrogen (secondary N) is 2. The van der Waals surface area contributed by atoms with E-state index in [4.69, 9.17) is 0 Å². The molecule has 15 heavy (non-hydrogen) atoms. The predicted octanol–water partition coefficient (Wildman–Crippen LogP) is 1.46. The van der Waals surface area contributed by atoms with Crippen molar-refractivity contribution >= 4 is 21.8 Å². The van der Waals surface area contributed by atoms with Crippen LogP contribution in [0.3, 0.4) is 0 Å². The first-order chi connectivity index (χ1) is 7.00. The van der Waals surface area contributed by atoms with Gasteiger partial charge in [0.2, 0.25) is 0 Å². The summed E-state index contributed by atoms with van der Waals surface area (Å²) in [6, 6.07) is 2.09. The maximum absolute atomic E-state index is 11.6. The molecule has 0 aliphatic carbocycles. The van der Waals surface area contributed by atoms with Gasteiger partial charge >= 0.3 is 0 Å². The number of H-pyrrole nitrogens is 1. The van der Waals surface area contributed by atoms with E-state index in [-0.39, 0.29) is 5.91 Å². The van der Waals surface area contributed by atoms with Gasteiger partial charge in [-0.25, -0.2) is 0 Å². The number of carbonyl (C=O) groups excluding carboxylic acids is 1. The summed E-state index contributed by atoms with van der Waals surface area (Å²) in [5, 5.41) is 2.86. The van der Waals surface area contributed by atoms with Crippen molar-refractivity contribution in [1.82, 2.24) is 15.2 Å². The summed E-state index contributed by atoms with van der Waals surface area (Å²) < 4.78 is 0.883. The molecule has 0 spiro atoms. The van der Waals surface area contributed by atoms with Gasteiger partial charge in [0.05, 0.1) is 0 Å².